The predicted molar refractivity (Wildman–Crippen MR) is 275 cm³/mol. The molecular weight excluding hydrogens is 816 g/mol. The standard InChI is InChI=1S/C55H109N2O6P/c1-6-8-10-12-14-16-18-20-22-24-26-27-28-29-30-31-32-34-36-38-40-42-44-46-48-54(58)53(52-63-64(60,61)62-51-50-57(3,4)5)56-55(59)49-47-45-43-41-39-37-35-33-25-23-21-19-17-15-13-11-9-7-2/h38,40,46,48,53-54,58H,6-37,39,41-45,47,49-52H2,1-5H3,(H-,56,59,60,61)/b40-38+,48-46+. The highest BCUT2D eigenvalue weighted by Crippen LogP contribution is 2.38. The molecule has 0 saturated heterocycles. The molecule has 0 rings (SSSR count). The number of carbonyl (C=O) groups excluding carboxylic acids is 1. The fourth-order valence-corrected chi connectivity index (χ4v) is 9.01. The maximum absolute atomic E-state index is 12.9. The Hall–Kier alpha value is -1.02. The molecule has 0 radical (unpaired) electrons. The molecule has 1 amide bonds. The van der Waals surface area contributed by atoms with Gasteiger partial charge in [0.2, 0.25) is 5.91 Å². The normalized spacial score (nSPS) is 14.2. The van der Waals surface area contributed by atoms with Crippen LogP contribution in [-0.4, -0.2) is 68.5 Å². The number of carbonyl (C=O) groups is 1. The second kappa shape index (κ2) is 47.1. The van der Waals surface area contributed by atoms with Crippen molar-refractivity contribution in [3.05, 3.63) is 24.3 Å². The van der Waals surface area contributed by atoms with Crippen LogP contribution in [0.15, 0.2) is 24.3 Å². The number of amides is 1. The lowest BCUT2D eigenvalue weighted by Crippen LogP contribution is -2.45. The number of unbranched alkanes of at least 4 members (excludes halogenated alkanes) is 36. The third kappa shape index (κ3) is 48.9. The summed E-state index contributed by atoms with van der Waals surface area (Å²) in [6.45, 7) is 4.67. The number of hydrogen-bond acceptors (Lipinski definition) is 6. The van der Waals surface area contributed by atoms with Crippen LogP contribution < -0.4 is 10.2 Å². The number of phosphoric ester groups is 1. The van der Waals surface area contributed by atoms with E-state index in [0.29, 0.717) is 17.4 Å². The van der Waals surface area contributed by atoms with Crippen molar-refractivity contribution in [3.8, 4) is 0 Å². The molecule has 0 fully saturated rings. The number of likely N-dealkylation sites (N-methyl/N-ethyl adjacent to an activating group) is 1. The molecule has 0 spiro atoms. The number of allylic oxidation sites excluding steroid dienone is 3. The fourth-order valence-electron chi connectivity index (χ4n) is 8.29. The quantitative estimate of drug-likeness (QED) is 0.0272. The van der Waals surface area contributed by atoms with Gasteiger partial charge in [-0.2, -0.15) is 0 Å². The number of rotatable bonds is 51. The molecule has 3 atom stereocenters. The molecule has 0 aliphatic rings. The molecule has 0 bridgehead atoms. The molecular formula is C55H109N2O6P. The topological polar surface area (TPSA) is 108 Å². The molecule has 0 aliphatic heterocycles. The van der Waals surface area contributed by atoms with Crippen molar-refractivity contribution >= 4 is 13.7 Å². The van der Waals surface area contributed by atoms with Crippen LogP contribution in [0.3, 0.4) is 0 Å². The average Bonchev–Trinajstić information content (AvgIpc) is 3.25. The van der Waals surface area contributed by atoms with E-state index in [9.17, 15) is 19.4 Å². The Labute approximate surface area is 398 Å². The summed E-state index contributed by atoms with van der Waals surface area (Å²) in [5.74, 6) is -0.202. The van der Waals surface area contributed by atoms with E-state index < -0.39 is 20.0 Å². The summed E-state index contributed by atoms with van der Waals surface area (Å²) >= 11 is 0. The van der Waals surface area contributed by atoms with Crippen molar-refractivity contribution in [2.45, 2.75) is 283 Å². The van der Waals surface area contributed by atoms with Gasteiger partial charge in [-0.15, -0.1) is 0 Å². The van der Waals surface area contributed by atoms with E-state index in [4.69, 9.17) is 9.05 Å². The summed E-state index contributed by atoms with van der Waals surface area (Å²) in [7, 11) is 1.26. The van der Waals surface area contributed by atoms with Gasteiger partial charge >= 0.3 is 0 Å². The van der Waals surface area contributed by atoms with E-state index in [1.54, 1.807) is 6.08 Å². The smallest absolute Gasteiger partial charge is 0.268 e. The highest BCUT2D eigenvalue weighted by atomic mass is 31.2. The molecule has 8 nitrogen and oxygen atoms in total. The molecule has 380 valence electrons. The van der Waals surface area contributed by atoms with E-state index in [-0.39, 0.29) is 19.1 Å². The van der Waals surface area contributed by atoms with Gasteiger partial charge in [-0.25, -0.2) is 0 Å². The summed E-state index contributed by atoms with van der Waals surface area (Å²) in [6, 6.07) is -0.899. The lowest BCUT2D eigenvalue weighted by atomic mass is 10.0. The zero-order chi connectivity index (χ0) is 47.1. The van der Waals surface area contributed by atoms with Gasteiger partial charge in [0, 0.05) is 6.42 Å². The van der Waals surface area contributed by atoms with Gasteiger partial charge in [-0.3, -0.25) is 9.36 Å². The van der Waals surface area contributed by atoms with E-state index >= 15 is 0 Å². The van der Waals surface area contributed by atoms with Gasteiger partial charge in [0.25, 0.3) is 7.82 Å². The van der Waals surface area contributed by atoms with Crippen molar-refractivity contribution in [1.29, 1.82) is 0 Å². The van der Waals surface area contributed by atoms with Crippen molar-refractivity contribution in [1.82, 2.24) is 5.32 Å². The molecule has 9 heteroatoms. The molecule has 0 aliphatic carbocycles. The molecule has 0 aromatic heterocycles. The van der Waals surface area contributed by atoms with Crippen LogP contribution in [0.25, 0.3) is 0 Å². The van der Waals surface area contributed by atoms with E-state index in [0.717, 1.165) is 38.5 Å². The Kier molecular flexibility index (Phi) is 46.3. The van der Waals surface area contributed by atoms with Gasteiger partial charge < -0.3 is 28.8 Å². The minimum absolute atomic E-state index is 0.00380. The minimum Gasteiger partial charge on any atom is -0.756 e. The van der Waals surface area contributed by atoms with E-state index in [1.807, 2.05) is 27.2 Å². The SMILES string of the molecule is CCCCCCCCCCCCCCCCCCCC/C=C/CC/C=C/C(O)C(COP(=O)([O-])OCC[N+](C)(C)C)NC(=O)CCCCCCCCCCCCCCCCCCCC. The molecule has 0 aromatic rings. The first kappa shape index (κ1) is 63.0. The number of hydrogen-bond donors (Lipinski definition) is 2. The van der Waals surface area contributed by atoms with Crippen LogP contribution in [0.4, 0.5) is 0 Å². The van der Waals surface area contributed by atoms with Gasteiger partial charge in [0.15, 0.2) is 0 Å². The van der Waals surface area contributed by atoms with Crippen molar-refractivity contribution in [2.24, 2.45) is 0 Å². The number of aliphatic hydroxyl groups excluding tert-OH is 1. The Morgan fingerprint density at radius 3 is 1.27 bits per heavy atom. The largest absolute Gasteiger partial charge is 0.756 e. The lowest BCUT2D eigenvalue weighted by Gasteiger charge is -2.29. The first-order chi connectivity index (χ1) is 31.0. The molecule has 0 saturated carbocycles. The summed E-state index contributed by atoms with van der Waals surface area (Å²) < 4.78 is 23.3. The minimum atomic E-state index is -4.60. The second-order valence-electron chi connectivity index (χ2n) is 20.3. The van der Waals surface area contributed by atoms with Crippen molar-refractivity contribution < 1.29 is 32.9 Å². The summed E-state index contributed by atoms with van der Waals surface area (Å²) in [5, 5.41) is 13.9. The van der Waals surface area contributed by atoms with Gasteiger partial charge in [-0.05, 0) is 32.1 Å². The molecule has 3 unspecified atom stereocenters. The number of phosphoric acid groups is 1. The Morgan fingerprint density at radius 2 is 0.875 bits per heavy atom. The lowest BCUT2D eigenvalue weighted by molar-refractivity contribution is -0.870. The Morgan fingerprint density at radius 1 is 0.531 bits per heavy atom. The van der Waals surface area contributed by atoms with Crippen LogP contribution in [0.2, 0.25) is 0 Å². The third-order valence-electron chi connectivity index (χ3n) is 12.7. The highest BCUT2D eigenvalue weighted by molar-refractivity contribution is 7.45. The first-order valence-electron chi connectivity index (χ1n) is 27.7. The fraction of sp³-hybridized carbons (Fsp3) is 0.909. The van der Waals surface area contributed by atoms with Crippen LogP contribution in [0, 0.1) is 0 Å². The second-order valence-corrected chi connectivity index (χ2v) is 21.7. The predicted octanol–water partition coefficient (Wildman–Crippen LogP) is 15.8. The maximum atomic E-state index is 12.9. The van der Waals surface area contributed by atoms with Gasteiger partial charge in [0.1, 0.15) is 13.2 Å². The Bertz CT molecular complexity index is 1090. The van der Waals surface area contributed by atoms with Crippen LogP contribution in [-0.2, 0) is 18.4 Å². The molecule has 0 aromatic carbocycles. The monoisotopic (exact) mass is 925 g/mol. The van der Waals surface area contributed by atoms with Crippen LogP contribution in [0.5, 0.6) is 0 Å². The van der Waals surface area contributed by atoms with Crippen molar-refractivity contribution in [2.75, 3.05) is 40.9 Å². The maximum Gasteiger partial charge on any atom is 0.268 e. The van der Waals surface area contributed by atoms with Gasteiger partial charge in [-0.1, -0.05) is 256 Å². The average molecular weight is 925 g/mol. The zero-order valence-corrected chi connectivity index (χ0v) is 44.1. The van der Waals surface area contributed by atoms with Crippen LogP contribution in [0.1, 0.15) is 271 Å². The van der Waals surface area contributed by atoms with Crippen LogP contribution >= 0.6 is 7.82 Å². The summed E-state index contributed by atoms with van der Waals surface area (Å²) in [4.78, 5) is 25.4. The van der Waals surface area contributed by atoms with Crippen molar-refractivity contribution in [3.63, 3.8) is 0 Å². The Balaban J connectivity index is 4.26. The first-order valence-corrected chi connectivity index (χ1v) is 29.2. The third-order valence-corrected chi connectivity index (χ3v) is 13.6. The van der Waals surface area contributed by atoms with Gasteiger partial charge in [0.05, 0.1) is 39.9 Å². The molecule has 2 N–H and O–H groups in total. The highest BCUT2D eigenvalue weighted by Gasteiger charge is 2.23. The zero-order valence-electron chi connectivity index (χ0n) is 43.3. The van der Waals surface area contributed by atoms with E-state index in [2.05, 4.69) is 31.3 Å². The number of quaternary nitrogens is 1. The molecule has 64 heavy (non-hydrogen) atoms. The molecule has 0 heterocycles. The summed E-state index contributed by atoms with van der Waals surface area (Å²) in [6.07, 6.45) is 58.2. The number of nitrogens with zero attached hydrogens (tertiary/aromatic N) is 1. The summed E-state index contributed by atoms with van der Waals surface area (Å²) in [5.41, 5.74) is 0. The van der Waals surface area contributed by atoms with E-state index in [1.165, 1.54) is 212 Å². The number of nitrogens with one attached hydrogen (secondary N) is 1. The number of aliphatic hydroxyl groups is 1.